The van der Waals surface area contributed by atoms with Crippen LogP contribution < -0.4 is 18.9 Å². The van der Waals surface area contributed by atoms with Crippen molar-refractivity contribution < 1.29 is 38.4 Å². The number of ether oxygens (including phenoxy) is 5. The zero-order chi connectivity index (χ0) is 26.6. The molecule has 3 aliphatic heterocycles. The molecule has 10 nitrogen and oxygen atoms in total. The molecule has 0 bridgehead atoms. The van der Waals surface area contributed by atoms with Gasteiger partial charge in [-0.2, -0.15) is 0 Å². The van der Waals surface area contributed by atoms with Crippen LogP contribution in [0.5, 0.6) is 23.0 Å². The summed E-state index contributed by atoms with van der Waals surface area (Å²) in [6, 6.07) is 9.39. The van der Waals surface area contributed by atoms with Crippen LogP contribution >= 0.6 is 0 Å². The molecule has 2 fully saturated rings. The number of benzene rings is 2. The van der Waals surface area contributed by atoms with Crippen molar-refractivity contribution in [2.24, 2.45) is 0 Å². The summed E-state index contributed by atoms with van der Waals surface area (Å²) in [6.45, 7) is 4.92. The summed E-state index contributed by atoms with van der Waals surface area (Å²) in [6.07, 6.45) is 0.653. The highest BCUT2D eigenvalue weighted by molar-refractivity contribution is 6.46. The molecule has 202 valence electrons. The van der Waals surface area contributed by atoms with Gasteiger partial charge < -0.3 is 33.7 Å². The molecule has 0 radical (unpaired) electrons. The van der Waals surface area contributed by atoms with Gasteiger partial charge in [-0.05, 0) is 30.7 Å². The molecule has 10 heteroatoms. The number of ketones is 1. The number of morpholine rings is 1. The first-order chi connectivity index (χ1) is 18.5. The van der Waals surface area contributed by atoms with E-state index in [1.807, 2.05) is 0 Å². The van der Waals surface area contributed by atoms with E-state index in [4.69, 9.17) is 23.7 Å². The standard InChI is InChI=1S/C28H32N2O8/c1-34-21-6-3-5-19(27(21)35-2)24-23(25(31)18-7-8-20-22(17-18)38-16-15-37-20)26(32)28(33)30(24)10-4-9-29-11-13-36-14-12-29/h3,5-8,17,24,31H,4,9-16H2,1-2H3/t24-/m1/s1. The van der Waals surface area contributed by atoms with Gasteiger partial charge in [0.15, 0.2) is 23.0 Å². The molecule has 1 atom stereocenters. The molecule has 1 N–H and O–H groups in total. The summed E-state index contributed by atoms with van der Waals surface area (Å²) in [5, 5.41) is 11.5. The molecule has 1 amide bonds. The number of Topliss-reactive ketones (excluding diaryl/α,β-unsaturated/α-hetero) is 1. The van der Waals surface area contributed by atoms with Gasteiger partial charge >= 0.3 is 0 Å². The van der Waals surface area contributed by atoms with Crippen molar-refractivity contribution in [2.75, 3.05) is 66.8 Å². The smallest absolute Gasteiger partial charge is 0.295 e. The normalized spacial score (nSPS) is 21.0. The summed E-state index contributed by atoms with van der Waals surface area (Å²) in [5.41, 5.74) is 0.897. The third-order valence-electron chi connectivity index (χ3n) is 7.06. The second kappa shape index (κ2) is 11.3. The topological polar surface area (TPSA) is 107 Å². The van der Waals surface area contributed by atoms with Gasteiger partial charge in [-0.25, -0.2) is 0 Å². The number of hydrogen-bond donors (Lipinski definition) is 1. The molecule has 0 spiro atoms. The molecule has 0 unspecified atom stereocenters. The number of carbonyl (C=O) groups is 2. The first-order valence-electron chi connectivity index (χ1n) is 12.7. The molecule has 2 aromatic rings. The molecule has 2 aromatic carbocycles. The second-order valence-electron chi connectivity index (χ2n) is 9.24. The Balaban J connectivity index is 1.55. The van der Waals surface area contributed by atoms with Gasteiger partial charge in [-0.1, -0.05) is 12.1 Å². The van der Waals surface area contributed by atoms with Crippen LogP contribution in [0, 0.1) is 0 Å². The second-order valence-corrected chi connectivity index (χ2v) is 9.24. The quantitative estimate of drug-likeness (QED) is 0.317. The number of carbonyl (C=O) groups excluding carboxylic acids is 2. The summed E-state index contributed by atoms with van der Waals surface area (Å²) < 4.78 is 27.8. The fraction of sp³-hybridized carbons (Fsp3) is 0.429. The van der Waals surface area contributed by atoms with Gasteiger partial charge in [0, 0.05) is 37.3 Å². The molecule has 0 saturated carbocycles. The Hall–Kier alpha value is -3.76. The molecule has 0 aliphatic carbocycles. The highest BCUT2D eigenvalue weighted by atomic mass is 16.6. The molecular weight excluding hydrogens is 492 g/mol. The minimum atomic E-state index is -0.863. The number of para-hydroxylation sites is 1. The van der Waals surface area contributed by atoms with E-state index in [9.17, 15) is 14.7 Å². The monoisotopic (exact) mass is 524 g/mol. The fourth-order valence-electron chi connectivity index (χ4n) is 5.20. The van der Waals surface area contributed by atoms with Crippen LogP contribution in [0.4, 0.5) is 0 Å². The van der Waals surface area contributed by atoms with Crippen LogP contribution in [0.15, 0.2) is 42.0 Å². The maximum Gasteiger partial charge on any atom is 0.295 e. The molecule has 38 heavy (non-hydrogen) atoms. The van der Waals surface area contributed by atoms with Gasteiger partial charge in [0.1, 0.15) is 19.0 Å². The van der Waals surface area contributed by atoms with E-state index in [0.29, 0.717) is 73.5 Å². The number of amides is 1. The van der Waals surface area contributed by atoms with Crippen LogP contribution in [-0.4, -0.2) is 93.4 Å². The Bertz CT molecular complexity index is 1240. The van der Waals surface area contributed by atoms with E-state index in [1.165, 1.54) is 19.1 Å². The number of hydrogen-bond acceptors (Lipinski definition) is 9. The summed E-state index contributed by atoms with van der Waals surface area (Å²) in [7, 11) is 3.03. The van der Waals surface area contributed by atoms with Crippen molar-refractivity contribution in [2.45, 2.75) is 12.5 Å². The molecule has 3 aliphatic rings. The predicted octanol–water partition coefficient (Wildman–Crippen LogP) is 2.62. The van der Waals surface area contributed by atoms with Crippen molar-refractivity contribution in [3.05, 3.63) is 53.1 Å². The van der Waals surface area contributed by atoms with Crippen molar-refractivity contribution in [3.63, 3.8) is 0 Å². The van der Waals surface area contributed by atoms with Gasteiger partial charge in [-0.3, -0.25) is 14.5 Å². The molecule has 3 heterocycles. The number of fused-ring (bicyclic) bond motifs is 1. The van der Waals surface area contributed by atoms with Crippen molar-refractivity contribution >= 4 is 17.4 Å². The van der Waals surface area contributed by atoms with Crippen LogP contribution in [0.3, 0.4) is 0 Å². The van der Waals surface area contributed by atoms with Crippen LogP contribution in [0.1, 0.15) is 23.6 Å². The summed E-state index contributed by atoms with van der Waals surface area (Å²) >= 11 is 0. The first-order valence-corrected chi connectivity index (χ1v) is 12.7. The molecular formula is C28H32N2O8. The van der Waals surface area contributed by atoms with Gasteiger partial charge in [0.2, 0.25) is 0 Å². The largest absolute Gasteiger partial charge is 0.507 e. The summed E-state index contributed by atoms with van der Waals surface area (Å²) in [4.78, 5) is 30.6. The number of nitrogens with zero attached hydrogens (tertiary/aromatic N) is 2. The lowest BCUT2D eigenvalue weighted by Gasteiger charge is -2.30. The van der Waals surface area contributed by atoms with Crippen LogP contribution in [-0.2, 0) is 14.3 Å². The van der Waals surface area contributed by atoms with Crippen LogP contribution in [0.2, 0.25) is 0 Å². The average molecular weight is 525 g/mol. The lowest BCUT2D eigenvalue weighted by atomic mass is 9.94. The Morgan fingerprint density at radius 3 is 2.47 bits per heavy atom. The number of aliphatic hydroxyl groups is 1. The molecule has 0 aromatic heterocycles. The minimum absolute atomic E-state index is 0.00963. The summed E-state index contributed by atoms with van der Waals surface area (Å²) in [5.74, 6) is 0.180. The van der Waals surface area contributed by atoms with Gasteiger partial charge in [-0.15, -0.1) is 0 Å². The van der Waals surface area contributed by atoms with Crippen molar-refractivity contribution in [1.82, 2.24) is 9.80 Å². The third kappa shape index (κ3) is 4.89. The number of methoxy groups -OCH3 is 2. The lowest BCUT2D eigenvalue weighted by molar-refractivity contribution is -0.140. The number of likely N-dealkylation sites (tertiary alicyclic amines) is 1. The van der Waals surface area contributed by atoms with Crippen molar-refractivity contribution in [1.29, 1.82) is 0 Å². The van der Waals surface area contributed by atoms with E-state index in [0.717, 1.165) is 19.6 Å². The number of aliphatic hydroxyl groups excluding tert-OH is 1. The Morgan fingerprint density at radius 1 is 0.974 bits per heavy atom. The minimum Gasteiger partial charge on any atom is -0.507 e. The van der Waals surface area contributed by atoms with Gasteiger partial charge in [0.25, 0.3) is 11.7 Å². The van der Waals surface area contributed by atoms with E-state index >= 15 is 0 Å². The number of rotatable bonds is 8. The predicted molar refractivity (Wildman–Crippen MR) is 138 cm³/mol. The lowest BCUT2D eigenvalue weighted by Crippen LogP contribution is -2.39. The van der Waals surface area contributed by atoms with Crippen molar-refractivity contribution in [3.8, 4) is 23.0 Å². The van der Waals surface area contributed by atoms with E-state index in [-0.39, 0.29) is 11.3 Å². The first kappa shape index (κ1) is 25.9. The molecule has 2 saturated heterocycles. The van der Waals surface area contributed by atoms with Crippen LogP contribution in [0.25, 0.3) is 5.76 Å². The average Bonchev–Trinajstić information content (AvgIpc) is 3.21. The maximum atomic E-state index is 13.5. The zero-order valence-electron chi connectivity index (χ0n) is 21.6. The van der Waals surface area contributed by atoms with E-state index < -0.39 is 17.7 Å². The van der Waals surface area contributed by atoms with E-state index in [1.54, 1.807) is 36.4 Å². The SMILES string of the molecule is COc1cccc([C@@H]2C(=C(O)c3ccc4c(c3)OCCO4)C(=O)C(=O)N2CCCN2CCOCC2)c1OC. The highest BCUT2D eigenvalue weighted by Gasteiger charge is 2.47. The highest BCUT2D eigenvalue weighted by Crippen LogP contribution is 2.46. The van der Waals surface area contributed by atoms with E-state index in [2.05, 4.69) is 4.90 Å². The maximum absolute atomic E-state index is 13.5. The molecule has 5 rings (SSSR count). The zero-order valence-corrected chi connectivity index (χ0v) is 21.6. The third-order valence-corrected chi connectivity index (χ3v) is 7.06. The Kier molecular flexibility index (Phi) is 7.71. The fourth-order valence-corrected chi connectivity index (χ4v) is 5.20. The van der Waals surface area contributed by atoms with Gasteiger partial charge in [0.05, 0.1) is 39.0 Å². The Labute approximate surface area is 221 Å². The Morgan fingerprint density at radius 2 is 1.74 bits per heavy atom.